The van der Waals surface area contributed by atoms with E-state index in [-0.39, 0.29) is 0 Å². The molecule has 21 aromatic carbocycles. The van der Waals surface area contributed by atoms with Crippen LogP contribution in [0.2, 0.25) is 0 Å². The summed E-state index contributed by atoms with van der Waals surface area (Å²) in [6, 6.07) is 178. The van der Waals surface area contributed by atoms with E-state index in [1.165, 1.54) is 59.5 Å². The first-order valence-electron chi connectivity index (χ1n) is 49.5. The zero-order valence-electron chi connectivity index (χ0n) is 79.8. The third kappa shape index (κ3) is 14.8. The van der Waals surface area contributed by atoms with Gasteiger partial charge in [-0.2, -0.15) is 0 Å². The maximum Gasteiger partial charge on any atom is 0.177 e. The molecule has 0 amide bonds. The predicted octanol–water partition coefficient (Wildman–Crippen LogP) is 34.4. The molecule has 29 rings (SSSR count). The molecule has 0 aliphatic carbocycles. The normalized spacial score (nSPS) is 11.5. The van der Waals surface area contributed by atoms with Crippen LogP contribution in [-0.4, -0.2) is 57.3 Å². The summed E-state index contributed by atoms with van der Waals surface area (Å²) in [5.74, 6) is 3.78. The van der Waals surface area contributed by atoms with Crippen molar-refractivity contribution in [3.8, 4) is 125 Å². The van der Waals surface area contributed by atoms with E-state index in [0.717, 1.165) is 161 Å². The number of benzene rings is 21. The van der Waals surface area contributed by atoms with Crippen LogP contribution in [0.25, 0.3) is 265 Å². The highest BCUT2D eigenvalue weighted by molar-refractivity contribution is 6.20. The molecule has 0 saturated carbocycles. The monoisotopic (exact) mass is 1890 g/mol. The lowest BCUT2D eigenvalue weighted by molar-refractivity contribution is 1.06. The Kier molecular flexibility index (Phi) is 21.3. The quantitative estimate of drug-likeness (QED) is 0.100. The summed E-state index contributed by atoms with van der Waals surface area (Å²) in [5, 5.41) is 14.2. The van der Waals surface area contributed by atoms with Crippen LogP contribution >= 0.6 is 0 Å². The van der Waals surface area contributed by atoms with E-state index in [9.17, 15) is 0 Å². The van der Waals surface area contributed by atoms with Crippen molar-refractivity contribution >= 4 is 142 Å². The van der Waals surface area contributed by atoms with Gasteiger partial charge < -0.3 is 27.4 Å². The van der Waals surface area contributed by atoms with Gasteiger partial charge >= 0.3 is 0 Å². The molecular formula is C134H84N14. The van der Waals surface area contributed by atoms with Gasteiger partial charge in [-0.15, -0.1) is 0 Å². The van der Waals surface area contributed by atoms with Gasteiger partial charge in [0.2, 0.25) is 0 Å². The van der Waals surface area contributed by atoms with Gasteiger partial charge in [0.05, 0.1) is 102 Å². The summed E-state index contributed by atoms with van der Waals surface area (Å²) in [6.07, 6.45) is 0. The van der Waals surface area contributed by atoms with Crippen molar-refractivity contribution in [1.29, 1.82) is 0 Å². The van der Waals surface area contributed by atoms with Gasteiger partial charge in [-0.1, -0.05) is 394 Å². The van der Waals surface area contributed by atoms with Crippen molar-refractivity contribution in [3.05, 3.63) is 532 Å². The minimum Gasteiger partial charge on any atom is -0.309 e. The fraction of sp³-hybridized carbons (Fsp3) is 0. The number of hydrogen-bond acceptors (Lipinski definition) is 6. The van der Waals surface area contributed by atoms with Gasteiger partial charge in [-0.3, -0.25) is 0 Å². The van der Waals surface area contributed by atoms with Crippen molar-refractivity contribution in [2.24, 2.45) is 0 Å². The van der Waals surface area contributed by atoms with Crippen molar-refractivity contribution < 1.29 is 0 Å². The molecule has 0 bridgehead atoms. The Labute approximate surface area is 850 Å². The average molecular weight is 1890 g/mol. The van der Waals surface area contributed by atoms with Crippen LogP contribution in [-0.2, 0) is 0 Å². The zero-order chi connectivity index (χ0) is 98.2. The van der Waals surface area contributed by atoms with E-state index in [0.29, 0.717) is 46.3 Å². The Balaban J connectivity index is 0.000000111. The second-order valence-electron chi connectivity index (χ2n) is 36.9. The third-order valence-corrected chi connectivity index (χ3v) is 28.5. The second-order valence-corrected chi connectivity index (χ2v) is 36.9. The average Bonchev–Trinajstić information content (AvgIpc) is 1.56. The molecule has 14 nitrogen and oxygen atoms in total. The van der Waals surface area contributed by atoms with Crippen molar-refractivity contribution in [2.75, 3.05) is 0 Å². The lowest BCUT2D eigenvalue weighted by Crippen LogP contribution is -2.06. The first-order valence-corrected chi connectivity index (χ1v) is 49.5. The molecule has 148 heavy (non-hydrogen) atoms. The Bertz CT molecular complexity index is 10100. The van der Waals surface area contributed by atoms with Gasteiger partial charge in [0.1, 0.15) is 0 Å². The highest BCUT2D eigenvalue weighted by Gasteiger charge is 2.30. The number of rotatable bonds is 14. The molecule has 14 heteroatoms. The molecule has 8 aromatic heterocycles. The maximum absolute atomic E-state index is 7.73. The number of aromatic nitrogens is 12. The molecule has 0 atom stereocenters. The van der Waals surface area contributed by atoms with Crippen LogP contribution < -0.4 is 0 Å². The Morgan fingerprint density at radius 3 is 0.730 bits per heavy atom. The van der Waals surface area contributed by atoms with Crippen LogP contribution in [0.1, 0.15) is 0 Å². The van der Waals surface area contributed by atoms with Gasteiger partial charge in [0.15, 0.2) is 46.3 Å². The highest BCUT2D eigenvalue weighted by Crippen LogP contribution is 2.50. The Hall–Kier alpha value is -20.6. The van der Waals surface area contributed by atoms with Crippen molar-refractivity contribution in [3.63, 3.8) is 0 Å². The fourth-order valence-corrected chi connectivity index (χ4v) is 22.0. The predicted molar refractivity (Wildman–Crippen MR) is 608 cm³/mol. The summed E-state index contributed by atoms with van der Waals surface area (Å²) in [6.45, 7) is 15.5. The van der Waals surface area contributed by atoms with Gasteiger partial charge in [0.25, 0.3) is 0 Å². The first kappa shape index (κ1) is 86.5. The van der Waals surface area contributed by atoms with Crippen LogP contribution in [0.3, 0.4) is 0 Å². The van der Waals surface area contributed by atoms with Gasteiger partial charge in [-0.05, 0) is 126 Å². The lowest BCUT2D eigenvalue weighted by Gasteiger charge is -2.18. The molecule has 0 aliphatic rings. The molecule has 0 unspecified atom stereocenters. The fourth-order valence-electron chi connectivity index (χ4n) is 22.0. The molecule has 0 saturated heterocycles. The molecule has 8 heterocycles. The van der Waals surface area contributed by atoms with Crippen LogP contribution in [0.5, 0.6) is 0 Å². The number of hydrogen-bond donors (Lipinski definition) is 0. The summed E-state index contributed by atoms with van der Waals surface area (Å²) < 4.78 is 14.3. The molecule has 690 valence electrons. The summed E-state index contributed by atoms with van der Waals surface area (Å²) in [5.41, 5.74) is 30.5. The zero-order valence-corrected chi connectivity index (χ0v) is 79.8. The summed E-state index contributed by atoms with van der Waals surface area (Å²) in [4.78, 5) is 38.1. The topological polar surface area (TPSA) is 116 Å². The maximum atomic E-state index is 7.73. The van der Waals surface area contributed by atoms with E-state index in [4.69, 9.17) is 43.0 Å². The minimum absolute atomic E-state index is 0.457. The standard InChI is InChI=1S/C51H33N5.C45H29N5.C38H22N4/c1-4-16-35(17-5-1)49-52-50(36-18-6-2-7-19-36)54-51(53-49)37-30-28-34(29-31-37)47-46(56-44-26-14-10-22-39(44)40-23-11-15-27-45(40)56)33-32-42-41-24-12-13-25-43(41)55(48(42)47)38-20-8-3-9-21-38;1-4-16-30(17-5-1)43-46-44(31-18-6-2-7-19-31)48-45(47-43)41-40(50-38-26-14-10-22-33(38)34-23-11-15-27-39(34)50)29-28-36-35-24-12-13-25-37(35)49(42(36)41)32-20-8-3-9-21-32;1-39-26-20-25(21-27(22-26)40-2)32-23-33-31-16-8-9-17-34(31)41(28-12-4-3-5-13-28)38(33)24-37(32)42-35-18-10-6-14-29(35)30-15-7-11-19-36(30)42/h1-33H;1-29H;3-24H. The molecule has 0 aliphatic heterocycles. The van der Waals surface area contributed by atoms with Crippen molar-refractivity contribution in [1.82, 2.24) is 57.3 Å². The number of fused-ring (bicyclic) bond motifs is 18. The molecule has 0 fully saturated rings. The van der Waals surface area contributed by atoms with E-state index < -0.39 is 0 Å². The Morgan fingerprint density at radius 2 is 0.399 bits per heavy atom. The molecule has 0 spiro atoms. The molecule has 0 N–H and O–H groups in total. The number of nitrogens with zero attached hydrogens (tertiary/aromatic N) is 14. The van der Waals surface area contributed by atoms with Crippen LogP contribution in [0.15, 0.2) is 510 Å². The summed E-state index contributed by atoms with van der Waals surface area (Å²) >= 11 is 0. The van der Waals surface area contributed by atoms with Crippen molar-refractivity contribution in [2.45, 2.75) is 0 Å². The van der Waals surface area contributed by atoms with E-state index in [1.807, 2.05) is 115 Å². The SMILES string of the molecule is [C-]#[N+]c1cc([N+]#[C-])cc(-c2cc3c4ccccc4n(-c4ccccc4)c3cc2-n2c3ccccc3c3ccccc32)c1.c1ccc(-c2nc(-c3ccccc3)nc(-c3c(-n4c5ccccc5c5ccccc54)ccc4c5ccccc5n(-c5ccccc5)c34)n2)cc1.c1ccc(-c2nc(-c3ccccc3)nc(-c3ccc(-c4c(-n5c6ccccc6c6ccccc65)ccc5c6ccccc6n(-c6ccccc6)c45)cc3)n2)cc1. The molecule has 0 radical (unpaired) electrons. The third-order valence-electron chi connectivity index (χ3n) is 28.5. The van der Waals surface area contributed by atoms with Gasteiger partial charge in [-0.25, -0.2) is 39.6 Å². The van der Waals surface area contributed by atoms with Crippen LogP contribution in [0, 0.1) is 13.1 Å². The van der Waals surface area contributed by atoms with E-state index in [1.54, 1.807) is 6.07 Å². The molecular weight excluding hydrogens is 1810 g/mol. The Morgan fingerprint density at radius 1 is 0.155 bits per heavy atom. The smallest absolute Gasteiger partial charge is 0.177 e. The first-order chi connectivity index (χ1) is 73.4. The minimum atomic E-state index is 0.457. The van der Waals surface area contributed by atoms with E-state index in [2.05, 4.69) is 425 Å². The highest BCUT2D eigenvalue weighted by atomic mass is 15.1. The van der Waals surface area contributed by atoms with Gasteiger partial charge in [0, 0.05) is 121 Å². The molecule has 29 aromatic rings. The number of para-hydroxylation sites is 12. The van der Waals surface area contributed by atoms with E-state index >= 15 is 0 Å². The lowest BCUT2D eigenvalue weighted by atomic mass is 9.98. The second kappa shape index (κ2) is 36.5. The largest absolute Gasteiger partial charge is 0.309 e. The summed E-state index contributed by atoms with van der Waals surface area (Å²) in [7, 11) is 0. The van der Waals surface area contributed by atoms with Crippen LogP contribution in [0.4, 0.5) is 11.4 Å².